The van der Waals surface area contributed by atoms with Crippen LogP contribution in [0.15, 0.2) is 47.8 Å². The first-order chi connectivity index (χ1) is 12.9. The lowest BCUT2D eigenvalue weighted by molar-refractivity contribution is -0.119. The van der Waals surface area contributed by atoms with Gasteiger partial charge in [-0.15, -0.1) is 11.3 Å². The Balaban J connectivity index is 1.58. The molecule has 1 aromatic heterocycles. The van der Waals surface area contributed by atoms with Crippen LogP contribution in [0.4, 0.5) is 5.69 Å². The number of nitrogens with one attached hydrogen (secondary N) is 1. The number of anilines is 1. The van der Waals surface area contributed by atoms with Crippen LogP contribution in [0.3, 0.4) is 0 Å². The average Bonchev–Trinajstić information content (AvgIpc) is 3.14. The Labute approximate surface area is 166 Å². The summed E-state index contributed by atoms with van der Waals surface area (Å²) in [5.74, 6) is -1.03. The first kappa shape index (κ1) is 19.1. The number of nitrogens with zero attached hydrogens (tertiary/aromatic N) is 1. The summed E-state index contributed by atoms with van der Waals surface area (Å²) in [5.41, 5.74) is 3.78. The highest BCUT2D eigenvalue weighted by Gasteiger charge is 2.15. The maximum Gasteiger partial charge on any atom is 0.358 e. The van der Waals surface area contributed by atoms with Crippen molar-refractivity contribution < 1.29 is 14.3 Å². The summed E-state index contributed by atoms with van der Waals surface area (Å²) < 4.78 is 5.07. The predicted octanol–water partition coefficient (Wildman–Crippen LogP) is 4.88. The van der Waals surface area contributed by atoms with Crippen LogP contribution < -0.4 is 5.32 Å². The summed E-state index contributed by atoms with van der Waals surface area (Å²) in [4.78, 5) is 28.5. The summed E-state index contributed by atoms with van der Waals surface area (Å²) in [5, 5.41) is 5.66. The second kappa shape index (κ2) is 8.33. The highest BCUT2D eigenvalue weighted by atomic mass is 35.5. The molecule has 1 amide bonds. The normalized spacial score (nSPS) is 10.5. The summed E-state index contributed by atoms with van der Waals surface area (Å²) in [6.45, 7) is 3.51. The molecule has 138 valence electrons. The second-order valence-electron chi connectivity index (χ2n) is 5.92. The van der Waals surface area contributed by atoms with Crippen LogP contribution >= 0.6 is 22.9 Å². The molecule has 5 nitrogen and oxygen atoms in total. The number of thiazole rings is 1. The molecule has 0 aliphatic carbocycles. The topological polar surface area (TPSA) is 68.3 Å². The summed E-state index contributed by atoms with van der Waals surface area (Å²) in [7, 11) is 0. The van der Waals surface area contributed by atoms with E-state index < -0.39 is 11.9 Å². The van der Waals surface area contributed by atoms with Gasteiger partial charge in [-0.1, -0.05) is 35.9 Å². The highest BCUT2D eigenvalue weighted by Crippen LogP contribution is 2.25. The largest absolute Gasteiger partial charge is 0.451 e. The monoisotopic (exact) mass is 400 g/mol. The zero-order valence-corrected chi connectivity index (χ0v) is 16.4. The van der Waals surface area contributed by atoms with E-state index in [2.05, 4.69) is 10.3 Å². The Morgan fingerprint density at radius 2 is 1.89 bits per heavy atom. The third-order valence-electron chi connectivity index (χ3n) is 4.02. The number of ether oxygens (including phenoxy) is 1. The minimum Gasteiger partial charge on any atom is -0.451 e. The molecule has 0 saturated heterocycles. The molecule has 3 aromatic rings. The van der Waals surface area contributed by atoms with Crippen molar-refractivity contribution in [2.75, 3.05) is 11.9 Å². The molecule has 7 heteroatoms. The first-order valence-corrected chi connectivity index (χ1v) is 9.44. The van der Waals surface area contributed by atoms with E-state index in [0.717, 1.165) is 16.7 Å². The highest BCUT2D eigenvalue weighted by molar-refractivity contribution is 7.13. The Hall–Kier alpha value is -2.70. The Bertz CT molecular complexity index is 983. The molecule has 27 heavy (non-hydrogen) atoms. The van der Waals surface area contributed by atoms with Crippen molar-refractivity contribution in [1.29, 1.82) is 0 Å². The lowest BCUT2D eigenvalue weighted by Gasteiger charge is -2.10. The Morgan fingerprint density at radius 3 is 2.63 bits per heavy atom. The second-order valence-corrected chi connectivity index (χ2v) is 7.21. The molecule has 0 atom stereocenters. The number of aromatic nitrogens is 1. The summed E-state index contributed by atoms with van der Waals surface area (Å²) in [6.07, 6.45) is 0. The molecular weight excluding hydrogens is 384 g/mol. The number of carbonyl (C=O) groups excluding carboxylic acids is 2. The number of hydrogen-bond acceptors (Lipinski definition) is 5. The van der Waals surface area contributed by atoms with Crippen LogP contribution in [0.5, 0.6) is 0 Å². The average molecular weight is 401 g/mol. The van der Waals surface area contributed by atoms with Crippen LogP contribution in [0.1, 0.15) is 21.6 Å². The van der Waals surface area contributed by atoms with Crippen molar-refractivity contribution in [2.45, 2.75) is 13.8 Å². The van der Waals surface area contributed by atoms with Crippen molar-refractivity contribution in [3.63, 3.8) is 0 Å². The molecular formula is C20H17ClN2O3S. The lowest BCUT2D eigenvalue weighted by Crippen LogP contribution is -2.21. The molecule has 2 aromatic carbocycles. The first-order valence-electron chi connectivity index (χ1n) is 8.18. The van der Waals surface area contributed by atoms with E-state index in [0.29, 0.717) is 15.7 Å². The number of hydrogen-bond donors (Lipinski definition) is 1. The van der Waals surface area contributed by atoms with Gasteiger partial charge < -0.3 is 10.1 Å². The predicted molar refractivity (Wildman–Crippen MR) is 107 cm³/mol. The fraction of sp³-hybridized carbons (Fsp3) is 0.150. The minimum absolute atomic E-state index is 0.171. The fourth-order valence-electron chi connectivity index (χ4n) is 2.37. The molecule has 0 saturated carbocycles. The van der Waals surface area contributed by atoms with Gasteiger partial charge >= 0.3 is 5.97 Å². The summed E-state index contributed by atoms with van der Waals surface area (Å²) in [6, 6.07) is 12.8. The van der Waals surface area contributed by atoms with E-state index in [4.69, 9.17) is 16.3 Å². The van der Waals surface area contributed by atoms with Gasteiger partial charge in [-0.2, -0.15) is 0 Å². The van der Waals surface area contributed by atoms with Gasteiger partial charge in [0.05, 0.1) is 0 Å². The Kier molecular flexibility index (Phi) is 5.88. The van der Waals surface area contributed by atoms with Crippen molar-refractivity contribution in [3.05, 3.63) is 69.7 Å². The quantitative estimate of drug-likeness (QED) is 0.620. The van der Waals surface area contributed by atoms with E-state index in [1.165, 1.54) is 11.3 Å². The SMILES string of the molecule is Cc1cccc(NC(=O)COC(=O)c2csc(-c3ccc(Cl)cc3)n2)c1C. The number of rotatable bonds is 5. The molecule has 0 unspecified atom stereocenters. The van der Waals surface area contributed by atoms with Crippen LogP contribution in [0, 0.1) is 13.8 Å². The maximum absolute atomic E-state index is 12.1. The van der Waals surface area contributed by atoms with Gasteiger partial charge in [0.1, 0.15) is 5.01 Å². The van der Waals surface area contributed by atoms with E-state index in [9.17, 15) is 9.59 Å². The third kappa shape index (κ3) is 4.72. The molecule has 1 N–H and O–H groups in total. The lowest BCUT2D eigenvalue weighted by atomic mass is 10.1. The van der Waals surface area contributed by atoms with Gasteiger partial charge in [-0.3, -0.25) is 4.79 Å². The van der Waals surface area contributed by atoms with Gasteiger partial charge in [0.15, 0.2) is 12.3 Å². The van der Waals surface area contributed by atoms with Gasteiger partial charge in [-0.25, -0.2) is 9.78 Å². The van der Waals surface area contributed by atoms with Crippen LogP contribution in [0.25, 0.3) is 10.6 Å². The molecule has 0 spiro atoms. The third-order valence-corrected chi connectivity index (χ3v) is 5.16. The molecule has 1 heterocycles. The molecule has 0 aliphatic heterocycles. The number of aryl methyl sites for hydroxylation is 1. The van der Waals surface area contributed by atoms with Crippen LogP contribution in [-0.2, 0) is 9.53 Å². The number of amides is 1. The van der Waals surface area contributed by atoms with E-state index in [-0.39, 0.29) is 12.3 Å². The van der Waals surface area contributed by atoms with Crippen molar-refractivity contribution >= 4 is 40.5 Å². The minimum atomic E-state index is -0.637. The molecule has 0 bridgehead atoms. The number of carbonyl (C=O) groups is 2. The van der Waals surface area contributed by atoms with Gasteiger partial charge in [0, 0.05) is 21.7 Å². The number of benzene rings is 2. The van der Waals surface area contributed by atoms with Crippen molar-refractivity contribution in [1.82, 2.24) is 4.98 Å². The van der Waals surface area contributed by atoms with Gasteiger partial charge in [-0.05, 0) is 43.2 Å². The molecule has 0 fully saturated rings. The smallest absolute Gasteiger partial charge is 0.358 e. The molecule has 0 aliphatic rings. The zero-order chi connectivity index (χ0) is 19.4. The van der Waals surface area contributed by atoms with E-state index in [1.54, 1.807) is 23.6 Å². The van der Waals surface area contributed by atoms with Gasteiger partial charge in [0.2, 0.25) is 0 Å². The van der Waals surface area contributed by atoms with Crippen molar-refractivity contribution in [3.8, 4) is 10.6 Å². The summed E-state index contributed by atoms with van der Waals surface area (Å²) >= 11 is 7.19. The molecule has 0 radical (unpaired) electrons. The fourth-order valence-corrected chi connectivity index (χ4v) is 3.29. The van der Waals surface area contributed by atoms with Crippen molar-refractivity contribution in [2.24, 2.45) is 0 Å². The maximum atomic E-state index is 12.1. The van der Waals surface area contributed by atoms with E-state index >= 15 is 0 Å². The Morgan fingerprint density at radius 1 is 1.15 bits per heavy atom. The van der Waals surface area contributed by atoms with Crippen LogP contribution in [-0.4, -0.2) is 23.5 Å². The van der Waals surface area contributed by atoms with E-state index in [1.807, 2.05) is 38.1 Å². The number of halogens is 1. The molecule has 3 rings (SSSR count). The van der Waals surface area contributed by atoms with Gasteiger partial charge in [0.25, 0.3) is 5.91 Å². The zero-order valence-electron chi connectivity index (χ0n) is 14.8. The standard InChI is InChI=1S/C20H17ClN2O3S/c1-12-4-3-5-16(13(12)2)22-18(24)10-26-20(25)17-11-27-19(23-17)14-6-8-15(21)9-7-14/h3-9,11H,10H2,1-2H3,(H,22,24). The number of esters is 1. The van der Waals surface area contributed by atoms with Crippen LogP contribution in [0.2, 0.25) is 5.02 Å².